The Morgan fingerprint density at radius 3 is 2.55 bits per heavy atom. The Labute approximate surface area is 223 Å². The van der Waals surface area contributed by atoms with Gasteiger partial charge >= 0.3 is 6.18 Å². The molecular formula is C27H18ClF4N3O2S. The molecule has 0 aliphatic carbocycles. The molecule has 0 saturated carbocycles. The van der Waals surface area contributed by atoms with Crippen molar-refractivity contribution in [3.05, 3.63) is 98.1 Å². The van der Waals surface area contributed by atoms with Gasteiger partial charge in [-0.05, 0) is 49.4 Å². The Morgan fingerprint density at radius 2 is 1.84 bits per heavy atom. The Hall–Kier alpha value is -3.76. The lowest BCUT2D eigenvalue weighted by atomic mass is 10.1. The largest absolute Gasteiger partial charge is 0.419 e. The molecule has 11 heteroatoms. The summed E-state index contributed by atoms with van der Waals surface area (Å²) in [6, 6.07) is 13.7. The standard InChI is InChI=1S/C27H18ClF4N3O2S/c1-14-33-24-18-4-2-3-5-22(18)35(11-10-23(24)38-14)26(37)17-8-7-16(13-20(17)28)34-25(36)15-6-9-19(21(29)12-15)27(30,31)32/h2-9,12-13H,10-11H2,1H3,(H,34,36). The number of rotatable bonds is 3. The molecule has 5 rings (SSSR count). The fraction of sp³-hybridized carbons (Fsp3) is 0.148. The maximum atomic E-state index is 13.9. The van der Waals surface area contributed by atoms with E-state index in [1.807, 2.05) is 31.2 Å². The fourth-order valence-electron chi connectivity index (χ4n) is 4.30. The topological polar surface area (TPSA) is 62.3 Å². The molecule has 0 saturated heterocycles. The first-order chi connectivity index (χ1) is 18.0. The number of alkyl halides is 3. The molecule has 1 aliphatic heterocycles. The zero-order chi connectivity index (χ0) is 27.2. The van der Waals surface area contributed by atoms with Crippen LogP contribution >= 0.6 is 22.9 Å². The van der Waals surface area contributed by atoms with Gasteiger partial charge < -0.3 is 10.2 Å². The maximum Gasteiger partial charge on any atom is 0.419 e. The van der Waals surface area contributed by atoms with Crippen molar-refractivity contribution in [2.45, 2.75) is 19.5 Å². The number of hydrogen-bond donors (Lipinski definition) is 1. The Balaban J connectivity index is 1.38. The molecule has 0 unspecified atom stereocenters. The first-order valence-corrected chi connectivity index (χ1v) is 12.6. The van der Waals surface area contributed by atoms with Crippen LogP contribution in [0.1, 0.15) is 36.2 Å². The van der Waals surface area contributed by atoms with E-state index in [-0.39, 0.29) is 27.7 Å². The molecule has 194 valence electrons. The van der Waals surface area contributed by atoms with Gasteiger partial charge in [-0.25, -0.2) is 9.37 Å². The number of amides is 2. The van der Waals surface area contributed by atoms with E-state index in [0.29, 0.717) is 30.8 Å². The minimum absolute atomic E-state index is 0.0665. The highest BCUT2D eigenvalue weighted by Gasteiger charge is 2.34. The number of fused-ring (bicyclic) bond motifs is 3. The van der Waals surface area contributed by atoms with Crippen LogP contribution in [0.3, 0.4) is 0 Å². The first kappa shape index (κ1) is 25.9. The third-order valence-corrected chi connectivity index (χ3v) is 7.40. The van der Waals surface area contributed by atoms with Gasteiger partial charge in [0.15, 0.2) is 0 Å². The number of halogens is 5. The molecular weight excluding hydrogens is 542 g/mol. The van der Waals surface area contributed by atoms with Crippen molar-refractivity contribution in [1.82, 2.24) is 4.98 Å². The Morgan fingerprint density at radius 1 is 1.08 bits per heavy atom. The monoisotopic (exact) mass is 559 g/mol. The normalized spacial score (nSPS) is 12.9. The van der Waals surface area contributed by atoms with E-state index in [1.54, 1.807) is 16.2 Å². The van der Waals surface area contributed by atoms with Crippen molar-refractivity contribution in [3.8, 4) is 11.3 Å². The minimum Gasteiger partial charge on any atom is -0.322 e. The third kappa shape index (κ3) is 4.89. The van der Waals surface area contributed by atoms with E-state index in [0.717, 1.165) is 27.2 Å². The lowest BCUT2D eigenvalue weighted by Gasteiger charge is -2.23. The van der Waals surface area contributed by atoms with E-state index < -0.39 is 23.5 Å². The Kier molecular flexibility index (Phi) is 6.70. The molecule has 0 radical (unpaired) electrons. The number of aryl methyl sites for hydroxylation is 1. The van der Waals surface area contributed by atoms with Crippen molar-refractivity contribution in [2.24, 2.45) is 0 Å². The van der Waals surface area contributed by atoms with E-state index in [4.69, 9.17) is 11.6 Å². The molecule has 2 amide bonds. The van der Waals surface area contributed by atoms with Gasteiger partial charge in [0.25, 0.3) is 11.8 Å². The van der Waals surface area contributed by atoms with E-state index in [2.05, 4.69) is 10.3 Å². The van der Waals surface area contributed by atoms with Gasteiger partial charge in [0.05, 0.1) is 32.5 Å². The number of aromatic nitrogens is 1. The van der Waals surface area contributed by atoms with Crippen LogP contribution in [0.2, 0.25) is 5.02 Å². The predicted octanol–water partition coefficient (Wildman–Crippen LogP) is 7.39. The van der Waals surface area contributed by atoms with Crippen molar-refractivity contribution in [3.63, 3.8) is 0 Å². The number of anilines is 2. The van der Waals surface area contributed by atoms with Gasteiger partial charge in [-0.2, -0.15) is 13.2 Å². The fourth-order valence-corrected chi connectivity index (χ4v) is 5.50. The molecule has 1 aliphatic rings. The highest BCUT2D eigenvalue weighted by molar-refractivity contribution is 7.12. The smallest absolute Gasteiger partial charge is 0.322 e. The van der Waals surface area contributed by atoms with Gasteiger partial charge in [-0.3, -0.25) is 9.59 Å². The summed E-state index contributed by atoms with van der Waals surface area (Å²) in [7, 11) is 0. The van der Waals surface area contributed by atoms with Gasteiger partial charge in [0.1, 0.15) is 5.82 Å². The third-order valence-electron chi connectivity index (χ3n) is 6.06. The molecule has 3 aromatic carbocycles. The molecule has 0 spiro atoms. The van der Waals surface area contributed by atoms with Crippen molar-refractivity contribution in [2.75, 3.05) is 16.8 Å². The molecule has 5 nitrogen and oxygen atoms in total. The van der Waals surface area contributed by atoms with Crippen molar-refractivity contribution >= 4 is 46.1 Å². The second kappa shape index (κ2) is 9.85. The molecule has 0 atom stereocenters. The van der Waals surface area contributed by atoms with Crippen LogP contribution in [0.15, 0.2) is 60.7 Å². The van der Waals surface area contributed by atoms with Crippen LogP contribution < -0.4 is 10.2 Å². The summed E-state index contributed by atoms with van der Waals surface area (Å²) < 4.78 is 52.3. The molecule has 38 heavy (non-hydrogen) atoms. The van der Waals surface area contributed by atoms with E-state index >= 15 is 0 Å². The number of para-hydroxylation sites is 1. The highest BCUT2D eigenvalue weighted by Crippen LogP contribution is 2.39. The minimum atomic E-state index is -4.87. The number of nitrogens with zero attached hydrogens (tertiary/aromatic N) is 2. The van der Waals surface area contributed by atoms with Gasteiger partial charge in [0, 0.05) is 34.7 Å². The number of carbonyl (C=O) groups excluding carboxylic acids is 2. The molecule has 1 aromatic heterocycles. The van der Waals surface area contributed by atoms with Crippen LogP contribution in [-0.4, -0.2) is 23.3 Å². The zero-order valence-electron chi connectivity index (χ0n) is 19.7. The van der Waals surface area contributed by atoms with Crippen molar-refractivity contribution < 1.29 is 27.2 Å². The van der Waals surface area contributed by atoms with Crippen LogP contribution in [0, 0.1) is 12.7 Å². The van der Waals surface area contributed by atoms with Crippen LogP contribution in [0.25, 0.3) is 11.3 Å². The predicted molar refractivity (Wildman–Crippen MR) is 138 cm³/mol. The molecule has 1 N–H and O–H groups in total. The van der Waals surface area contributed by atoms with Crippen LogP contribution in [0.4, 0.5) is 28.9 Å². The lowest BCUT2D eigenvalue weighted by molar-refractivity contribution is -0.140. The second-order valence-corrected chi connectivity index (χ2v) is 10.3. The quantitative estimate of drug-likeness (QED) is 0.266. The Bertz CT molecular complexity index is 1590. The summed E-state index contributed by atoms with van der Waals surface area (Å²) in [4.78, 5) is 33.5. The van der Waals surface area contributed by atoms with Gasteiger partial charge in [-0.1, -0.05) is 29.8 Å². The van der Waals surface area contributed by atoms with Gasteiger partial charge in [-0.15, -0.1) is 11.3 Å². The highest BCUT2D eigenvalue weighted by atomic mass is 35.5. The summed E-state index contributed by atoms with van der Waals surface area (Å²) in [5, 5.41) is 3.48. The zero-order valence-corrected chi connectivity index (χ0v) is 21.3. The average molecular weight is 560 g/mol. The summed E-state index contributed by atoms with van der Waals surface area (Å²) in [6.07, 6.45) is -4.25. The number of benzene rings is 3. The first-order valence-electron chi connectivity index (χ1n) is 11.4. The molecule has 0 bridgehead atoms. The number of carbonyl (C=O) groups is 2. The second-order valence-electron chi connectivity index (χ2n) is 8.57. The maximum absolute atomic E-state index is 13.9. The molecule has 4 aromatic rings. The van der Waals surface area contributed by atoms with Crippen molar-refractivity contribution in [1.29, 1.82) is 0 Å². The summed E-state index contributed by atoms with van der Waals surface area (Å²) >= 11 is 8.03. The lowest BCUT2D eigenvalue weighted by Crippen LogP contribution is -2.32. The van der Waals surface area contributed by atoms with Gasteiger partial charge in [0.2, 0.25) is 0 Å². The molecule has 2 heterocycles. The van der Waals surface area contributed by atoms with Crippen LogP contribution in [0.5, 0.6) is 0 Å². The number of thiazole rings is 1. The van der Waals surface area contributed by atoms with E-state index in [9.17, 15) is 27.2 Å². The number of hydrogen-bond acceptors (Lipinski definition) is 4. The van der Waals surface area contributed by atoms with E-state index in [1.165, 1.54) is 18.2 Å². The molecule has 0 fully saturated rings. The summed E-state index contributed by atoms with van der Waals surface area (Å²) in [5.74, 6) is -2.72. The summed E-state index contributed by atoms with van der Waals surface area (Å²) in [6.45, 7) is 2.36. The summed E-state index contributed by atoms with van der Waals surface area (Å²) in [5.41, 5.74) is 1.05. The average Bonchev–Trinajstić information content (AvgIpc) is 3.16. The number of nitrogens with one attached hydrogen (secondary N) is 1. The van der Waals surface area contributed by atoms with Crippen LogP contribution in [-0.2, 0) is 12.6 Å². The SMILES string of the molecule is Cc1nc2c(s1)CCN(C(=O)c1ccc(NC(=O)c3ccc(C(F)(F)F)c(F)c3)cc1Cl)c1ccccc1-2.